The number of benzene rings is 1. The summed E-state index contributed by atoms with van der Waals surface area (Å²) in [5.74, 6) is -0.742. The molecule has 1 unspecified atom stereocenters. The van der Waals surface area contributed by atoms with Crippen molar-refractivity contribution in [1.82, 2.24) is 5.32 Å². The van der Waals surface area contributed by atoms with Gasteiger partial charge in [-0.25, -0.2) is 16.8 Å². The zero-order valence-corrected chi connectivity index (χ0v) is 13.7. The van der Waals surface area contributed by atoms with Crippen LogP contribution in [0.25, 0.3) is 0 Å². The van der Waals surface area contributed by atoms with Crippen LogP contribution in [0.4, 0.5) is 5.69 Å². The van der Waals surface area contributed by atoms with E-state index in [1.165, 1.54) is 4.31 Å². The summed E-state index contributed by atoms with van der Waals surface area (Å²) in [5.41, 5.74) is 1.56. The van der Waals surface area contributed by atoms with Crippen molar-refractivity contribution in [1.29, 1.82) is 0 Å². The van der Waals surface area contributed by atoms with E-state index >= 15 is 0 Å². The Morgan fingerprint density at radius 1 is 1.19 bits per heavy atom. The number of fused-ring (bicyclic) bond motifs is 1. The minimum Gasteiger partial charge on any atom is -0.313 e. The van der Waals surface area contributed by atoms with Gasteiger partial charge in [0.1, 0.15) is 9.84 Å². The Morgan fingerprint density at radius 2 is 1.86 bits per heavy atom. The molecule has 0 fully saturated rings. The molecule has 1 aliphatic rings. The van der Waals surface area contributed by atoms with Gasteiger partial charge in [0.05, 0.1) is 17.2 Å². The summed E-state index contributed by atoms with van der Waals surface area (Å²) in [6.07, 6.45) is 1.70. The Morgan fingerprint density at radius 3 is 2.48 bits per heavy atom. The number of hydrogen-bond donors (Lipinski definition) is 1. The first-order valence-corrected chi connectivity index (χ1v) is 10.4. The average Bonchev–Trinajstić information content (AvgIpc) is 2.43. The molecule has 0 radical (unpaired) electrons. The van der Waals surface area contributed by atoms with Gasteiger partial charge in [0, 0.05) is 18.8 Å². The maximum Gasteiger partial charge on any atom is 0.236 e. The average molecular weight is 332 g/mol. The van der Waals surface area contributed by atoms with Crippen LogP contribution in [0, 0.1) is 0 Å². The Kier molecular flexibility index (Phi) is 4.60. The first kappa shape index (κ1) is 16.3. The lowest BCUT2D eigenvalue weighted by molar-refractivity contribution is 0.528. The molecule has 1 aromatic carbocycles. The molecule has 6 nitrogen and oxygen atoms in total. The molecule has 1 aliphatic heterocycles. The predicted molar refractivity (Wildman–Crippen MR) is 83.7 cm³/mol. The molecule has 1 aromatic rings. The second-order valence-electron chi connectivity index (χ2n) is 5.21. The normalized spacial score (nSPS) is 19.3. The van der Waals surface area contributed by atoms with Gasteiger partial charge in [-0.2, -0.15) is 0 Å². The van der Waals surface area contributed by atoms with Crippen molar-refractivity contribution >= 4 is 25.5 Å². The number of sulfone groups is 1. The Balaban J connectivity index is 2.33. The minimum atomic E-state index is -3.64. The quantitative estimate of drug-likeness (QED) is 0.850. The fraction of sp³-hybridized carbons (Fsp3) is 0.538. The highest BCUT2D eigenvalue weighted by Gasteiger charge is 2.31. The van der Waals surface area contributed by atoms with Gasteiger partial charge < -0.3 is 5.32 Å². The second kappa shape index (κ2) is 5.94. The second-order valence-corrected chi connectivity index (χ2v) is 9.48. The van der Waals surface area contributed by atoms with Crippen LogP contribution in [0.5, 0.6) is 0 Å². The van der Waals surface area contributed by atoms with Crippen molar-refractivity contribution in [2.45, 2.75) is 12.5 Å². The highest BCUT2D eigenvalue weighted by Crippen LogP contribution is 2.35. The Bertz CT molecular complexity index is 713. The third kappa shape index (κ3) is 3.75. The van der Waals surface area contributed by atoms with Gasteiger partial charge in [-0.05, 0) is 25.1 Å². The molecule has 0 spiro atoms. The maximum atomic E-state index is 12.4. The molecule has 2 rings (SSSR count). The van der Waals surface area contributed by atoms with E-state index in [0.29, 0.717) is 18.7 Å². The largest absolute Gasteiger partial charge is 0.313 e. The molecule has 0 saturated carbocycles. The highest BCUT2D eigenvalue weighted by molar-refractivity contribution is 7.95. The van der Waals surface area contributed by atoms with E-state index in [0.717, 1.165) is 11.8 Å². The first-order chi connectivity index (χ1) is 9.74. The number of nitrogens with zero attached hydrogens (tertiary/aromatic N) is 1. The van der Waals surface area contributed by atoms with Crippen molar-refractivity contribution in [2.75, 3.05) is 35.7 Å². The highest BCUT2D eigenvalue weighted by atomic mass is 32.2. The summed E-state index contributed by atoms with van der Waals surface area (Å²) in [6.45, 7) is 0.356. The standard InChI is InChI=1S/C13H20N2O4S2/c1-14-12-7-8-15(13-6-4-3-5-11(12)13)21(18,19)10-9-20(2,16)17/h3-6,12,14H,7-10H2,1-2H3. The zero-order valence-electron chi connectivity index (χ0n) is 12.1. The Labute approximate surface area is 126 Å². The fourth-order valence-corrected chi connectivity index (χ4v) is 5.61. The number of anilines is 1. The minimum absolute atomic E-state index is 0.113. The van der Waals surface area contributed by atoms with Gasteiger partial charge in [-0.15, -0.1) is 0 Å². The molecule has 118 valence electrons. The van der Waals surface area contributed by atoms with Gasteiger partial charge in [0.25, 0.3) is 0 Å². The number of sulfonamides is 1. The summed E-state index contributed by atoms with van der Waals surface area (Å²) in [6, 6.07) is 7.43. The SMILES string of the molecule is CNC1CCN(S(=O)(=O)CCS(C)(=O)=O)c2ccccc21. The maximum absolute atomic E-state index is 12.4. The lowest BCUT2D eigenvalue weighted by Crippen LogP contribution is -2.41. The summed E-state index contributed by atoms with van der Waals surface area (Å²) in [7, 11) is -5.10. The fourth-order valence-electron chi connectivity index (χ4n) is 2.49. The Hall–Kier alpha value is -1.12. The van der Waals surface area contributed by atoms with E-state index in [1.54, 1.807) is 12.1 Å². The summed E-state index contributed by atoms with van der Waals surface area (Å²) >= 11 is 0. The van der Waals surface area contributed by atoms with E-state index in [2.05, 4.69) is 5.32 Å². The molecule has 1 heterocycles. The van der Waals surface area contributed by atoms with E-state index in [9.17, 15) is 16.8 Å². The number of para-hydroxylation sites is 1. The molecule has 1 atom stereocenters. The molecule has 0 saturated heterocycles. The molecule has 0 amide bonds. The monoisotopic (exact) mass is 332 g/mol. The third-order valence-corrected chi connectivity index (χ3v) is 6.57. The summed E-state index contributed by atoms with van der Waals surface area (Å²) in [4.78, 5) is 0. The van der Waals surface area contributed by atoms with Gasteiger partial charge >= 0.3 is 0 Å². The first-order valence-electron chi connectivity index (χ1n) is 6.69. The van der Waals surface area contributed by atoms with E-state index < -0.39 is 19.9 Å². The van der Waals surface area contributed by atoms with E-state index in [-0.39, 0.29) is 17.5 Å². The van der Waals surface area contributed by atoms with Gasteiger partial charge in [-0.1, -0.05) is 18.2 Å². The van der Waals surface area contributed by atoms with Crippen molar-refractivity contribution in [3.63, 3.8) is 0 Å². The van der Waals surface area contributed by atoms with Crippen molar-refractivity contribution in [3.05, 3.63) is 29.8 Å². The number of rotatable bonds is 5. The van der Waals surface area contributed by atoms with Crippen LogP contribution in [-0.4, -0.2) is 48.2 Å². The van der Waals surface area contributed by atoms with Gasteiger partial charge in [-0.3, -0.25) is 4.31 Å². The lowest BCUT2D eigenvalue weighted by Gasteiger charge is -2.34. The molecule has 0 aliphatic carbocycles. The van der Waals surface area contributed by atoms with Crippen LogP contribution in [0.15, 0.2) is 24.3 Å². The van der Waals surface area contributed by atoms with Crippen LogP contribution in [0.3, 0.4) is 0 Å². The van der Waals surface area contributed by atoms with Gasteiger partial charge in [0.2, 0.25) is 10.0 Å². The zero-order chi connectivity index (χ0) is 15.7. The molecule has 21 heavy (non-hydrogen) atoms. The smallest absolute Gasteiger partial charge is 0.236 e. The summed E-state index contributed by atoms with van der Waals surface area (Å²) in [5, 5.41) is 3.17. The van der Waals surface area contributed by atoms with Crippen LogP contribution in [0.1, 0.15) is 18.0 Å². The topological polar surface area (TPSA) is 83.6 Å². The van der Waals surface area contributed by atoms with Crippen LogP contribution in [0.2, 0.25) is 0 Å². The van der Waals surface area contributed by atoms with E-state index in [4.69, 9.17) is 0 Å². The molecule has 1 N–H and O–H groups in total. The number of nitrogens with one attached hydrogen (secondary N) is 1. The van der Waals surface area contributed by atoms with Gasteiger partial charge in [0.15, 0.2) is 0 Å². The molecule has 0 bridgehead atoms. The molecule has 0 aromatic heterocycles. The van der Waals surface area contributed by atoms with Crippen molar-refractivity contribution < 1.29 is 16.8 Å². The number of hydrogen-bond acceptors (Lipinski definition) is 5. The third-order valence-electron chi connectivity index (χ3n) is 3.60. The summed E-state index contributed by atoms with van der Waals surface area (Å²) < 4.78 is 48.6. The van der Waals surface area contributed by atoms with Crippen LogP contribution in [-0.2, 0) is 19.9 Å². The van der Waals surface area contributed by atoms with Crippen molar-refractivity contribution in [3.8, 4) is 0 Å². The predicted octanol–water partition coefficient (Wildman–Crippen LogP) is 0.532. The molecular formula is C13H20N2O4S2. The molecular weight excluding hydrogens is 312 g/mol. The van der Waals surface area contributed by atoms with Crippen LogP contribution >= 0.6 is 0 Å². The van der Waals surface area contributed by atoms with E-state index in [1.807, 2.05) is 19.2 Å². The lowest BCUT2D eigenvalue weighted by atomic mass is 9.98. The van der Waals surface area contributed by atoms with Crippen LogP contribution < -0.4 is 9.62 Å². The van der Waals surface area contributed by atoms with Crippen molar-refractivity contribution in [2.24, 2.45) is 0 Å². The molecule has 8 heteroatoms.